The molecule has 0 radical (unpaired) electrons. The average Bonchev–Trinajstić information content (AvgIpc) is 2.46. The quantitative estimate of drug-likeness (QED) is 0.763. The summed E-state index contributed by atoms with van der Waals surface area (Å²) in [6.07, 6.45) is 0. The van der Waals surface area contributed by atoms with Crippen LogP contribution in [0.3, 0.4) is 0 Å². The van der Waals surface area contributed by atoms with Crippen LogP contribution in [0, 0.1) is 23.7 Å². The highest BCUT2D eigenvalue weighted by atomic mass is 15.2. The molecule has 0 spiro atoms. The summed E-state index contributed by atoms with van der Waals surface area (Å²) in [4.78, 5) is 4.48. The fourth-order valence-electron chi connectivity index (χ4n) is 1.63. The molecule has 0 heterocycles. The Labute approximate surface area is 149 Å². The van der Waals surface area contributed by atoms with Crippen LogP contribution < -0.4 is 0 Å². The van der Waals surface area contributed by atoms with Gasteiger partial charge in [-0.15, -0.1) is 0 Å². The predicted octanol–water partition coefficient (Wildman–Crippen LogP) is 3.85. The molecule has 0 bridgehead atoms. The summed E-state index contributed by atoms with van der Waals surface area (Å²) in [5.74, 6) is 12.9. The van der Waals surface area contributed by atoms with Gasteiger partial charge in [0.25, 0.3) is 0 Å². The fourth-order valence-corrected chi connectivity index (χ4v) is 1.63. The summed E-state index contributed by atoms with van der Waals surface area (Å²) in [7, 11) is 4.20. The van der Waals surface area contributed by atoms with E-state index in [1.54, 1.807) is 0 Å². The Morgan fingerprint density at radius 1 is 0.667 bits per heavy atom. The van der Waals surface area contributed by atoms with Gasteiger partial charge in [-0.3, -0.25) is 9.80 Å². The van der Waals surface area contributed by atoms with E-state index in [9.17, 15) is 0 Å². The van der Waals surface area contributed by atoms with E-state index in [4.69, 9.17) is 0 Å². The molecule has 1 aromatic carbocycles. The van der Waals surface area contributed by atoms with Gasteiger partial charge in [-0.05, 0) is 79.9 Å². The van der Waals surface area contributed by atoms with Crippen LogP contribution in [0.5, 0.6) is 0 Å². The lowest BCUT2D eigenvalue weighted by Crippen LogP contribution is -2.38. The van der Waals surface area contributed by atoms with E-state index in [1.807, 2.05) is 24.3 Å². The normalized spacial score (nSPS) is 11.8. The molecule has 130 valence electrons. The smallest absolute Gasteiger partial charge is 0.0607 e. The van der Waals surface area contributed by atoms with Gasteiger partial charge >= 0.3 is 0 Å². The minimum absolute atomic E-state index is 0.147. The lowest BCUT2D eigenvalue weighted by Gasteiger charge is -2.29. The molecule has 0 aromatic heterocycles. The van der Waals surface area contributed by atoms with Gasteiger partial charge in [0.05, 0.1) is 13.1 Å². The van der Waals surface area contributed by atoms with Crippen molar-refractivity contribution in [3.8, 4) is 23.7 Å². The number of benzene rings is 1. The van der Waals surface area contributed by atoms with Crippen molar-refractivity contribution in [3.05, 3.63) is 35.4 Å². The topological polar surface area (TPSA) is 6.48 Å². The molecular weight excluding hydrogens is 292 g/mol. The van der Waals surface area contributed by atoms with Gasteiger partial charge in [-0.1, -0.05) is 23.7 Å². The zero-order valence-corrected chi connectivity index (χ0v) is 16.6. The van der Waals surface area contributed by atoms with Crippen molar-refractivity contribution in [2.45, 2.75) is 52.6 Å². The molecule has 0 amide bonds. The molecule has 1 aromatic rings. The van der Waals surface area contributed by atoms with Gasteiger partial charge in [0.1, 0.15) is 0 Å². The lowest BCUT2D eigenvalue weighted by molar-refractivity contribution is 0.198. The van der Waals surface area contributed by atoms with E-state index in [0.29, 0.717) is 0 Å². The van der Waals surface area contributed by atoms with Crippen molar-refractivity contribution < 1.29 is 0 Å². The average molecular weight is 325 g/mol. The van der Waals surface area contributed by atoms with E-state index in [0.717, 1.165) is 24.2 Å². The molecule has 0 aliphatic heterocycles. The second kappa shape index (κ2) is 8.39. The highest BCUT2D eigenvalue weighted by molar-refractivity contribution is 5.42. The minimum Gasteiger partial charge on any atom is -0.290 e. The third-order valence-corrected chi connectivity index (χ3v) is 4.27. The Balaban J connectivity index is 2.62. The zero-order chi connectivity index (χ0) is 18.4. The number of nitrogens with zero attached hydrogens (tertiary/aromatic N) is 2. The largest absolute Gasteiger partial charge is 0.290 e. The van der Waals surface area contributed by atoms with Crippen molar-refractivity contribution in [2.75, 3.05) is 27.2 Å². The molecule has 0 aliphatic carbocycles. The Morgan fingerprint density at radius 2 is 0.958 bits per heavy atom. The maximum absolute atomic E-state index is 3.24. The first-order valence-electron chi connectivity index (χ1n) is 8.50. The second-order valence-electron chi connectivity index (χ2n) is 8.23. The predicted molar refractivity (Wildman–Crippen MR) is 105 cm³/mol. The van der Waals surface area contributed by atoms with Crippen LogP contribution in [0.4, 0.5) is 0 Å². The molecular formula is C22H32N2. The summed E-state index contributed by atoms with van der Waals surface area (Å²) in [6.45, 7) is 14.7. The van der Waals surface area contributed by atoms with E-state index in [-0.39, 0.29) is 11.1 Å². The molecule has 0 fully saturated rings. The molecule has 0 unspecified atom stereocenters. The highest BCUT2D eigenvalue weighted by Crippen LogP contribution is 2.10. The van der Waals surface area contributed by atoms with Crippen molar-refractivity contribution in [1.82, 2.24) is 9.80 Å². The van der Waals surface area contributed by atoms with E-state index < -0.39 is 0 Å². The lowest BCUT2D eigenvalue weighted by atomic mass is 10.1. The van der Waals surface area contributed by atoms with Gasteiger partial charge in [-0.25, -0.2) is 0 Å². The number of rotatable bonds is 2. The van der Waals surface area contributed by atoms with Gasteiger partial charge < -0.3 is 0 Å². The monoisotopic (exact) mass is 324 g/mol. The van der Waals surface area contributed by atoms with Gasteiger partial charge in [-0.2, -0.15) is 0 Å². The third kappa shape index (κ3) is 7.22. The minimum atomic E-state index is 0.147. The highest BCUT2D eigenvalue weighted by Gasteiger charge is 2.15. The summed E-state index contributed by atoms with van der Waals surface area (Å²) in [6, 6.07) is 8.17. The van der Waals surface area contributed by atoms with E-state index in [2.05, 4.69) is 89.1 Å². The summed E-state index contributed by atoms with van der Waals surface area (Å²) in [5, 5.41) is 0. The first-order valence-corrected chi connectivity index (χ1v) is 8.50. The Morgan fingerprint density at radius 3 is 1.21 bits per heavy atom. The van der Waals surface area contributed by atoms with Gasteiger partial charge in [0.2, 0.25) is 0 Å². The second-order valence-corrected chi connectivity index (χ2v) is 8.23. The van der Waals surface area contributed by atoms with Crippen LogP contribution in [0.1, 0.15) is 52.7 Å². The van der Waals surface area contributed by atoms with Gasteiger partial charge in [0, 0.05) is 22.2 Å². The first-order chi connectivity index (χ1) is 11.0. The van der Waals surface area contributed by atoms with E-state index in [1.165, 1.54) is 0 Å². The standard InChI is InChI=1S/C22H32N2/c1-21(2,3)23(7)17-9-11-19-13-15-20(16-14-19)12-10-18-24(8)22(4,5)6/h13-16H,17-18H2,1-8H3. The molecule has 2 nitrogen and oxygen atoms in total. The molecule has 1 rings (SSSR count). The number of hydrogen-bond donors (Lipinski definition) is 0. The maximum atomic E-state index is 3.24. The van der Waals surface area contributed by atoms with Crippen LogP contribution >= 0.6 is 0 Å². The summed E-state index contributed by atoms with van der Waals surface area (Å²) in [5.41, 5.74) is 2.37. The van der Waals surface area contributed by atoms with Crippen LogP contribution in [0.15, 0.2) is 24.3 Å². The van der Waals surface area contributed by atoms with Crippen molar-refractivity contribution in [2.24, 2.45) is 0 Å². The zero-order valence-electron chi connectivity index (χ0n) is 16.6. The van der Waals surface area contributed by atoms with Crippen LogP contribution in [-0.2, 0) is 0 Å². The first kappa shape index (κ1) is 20.3. The molecule has 0 saturated carbocycles. The van der Waals surface area contributed by atoms with Crippen molar-refractivity contribution >= 4 is 0 Å². The fraction of sp³-hybridized carbons (Fsp3) is 0.545. The Kier molecular flexibility index (Phi) is 7.09. The molecule has 2 heteroatoms. The molecule has 0 N–H and O–H groups in total. The molecule has 0 aliphatic rings. The Bertz CT molecular complexity index is 575. The van der Waals surface area contributed by atoms with Crippen LogP contribution in [0.25, 0.3) is 0 Å². The molecule has 24 heavy (non-hydrogen) atoms. The van der Waals surface area contributed by atoms with Crippen molar-refractivity contribution in [3.63, 3.8) is 0 Å². The van der Waals surface area contributed by atoms with Crippen LogP contribution in [-0.4, -0.2) is 48.1 Å². The van der Waals surface area contributed by atoms with Gasteiger partial charge in [0.15, 0.2) is 0 Å². The molecule has 0 saturated heterocycles. The van der Waals surface area contributed by atoms with Crippen LogP contribution in [0.2, 0.25) is 0 Å². The summed E-state index contributed by atoms with van der Waals surface area (Å²) < 4.78 is 0. The third-order valence-electron chi connectivity index (χ3n) is 4.27. The van der Waals surface area contributed by atoms with E-state index >= 15 is 0 Å². The maximum Gasteiger partial charge on any atom is 0.0607 e. The van der Waals surface area contributed by atoms with Crippen molar-refractivity contribution in [1.29, 1.82) is 0 Å². The SMILES string of the molecule is CN(CC#Cc1ccc(C#CCN(C)C(C)(C)C)cc1)C(C)(C)C. The number of hydrogen-bond acceptors (Lipinski definition) is 2. The Hall–Kier alpha value is -1.74. The summed E-state index contributed by atoms with van der Waals surface area (Å²) >= 11 is 0. The molecule has 0 atom stereocenters.